The van der Waals surface area contributed by atoms with Gasteiger partial charge in [0.25, 0.3) is 5.56 Å². The fraction of sp³-hybridized carbons (Fsp3) is 0.417. The molecule has 0 spiro atoms. The van der Waals surface area contributed by atoms with E-state index in [4.69, 9.17) is 5.11 Å². The number of nitrogens with one attached hydrogen (secondary N) is 1. The molecule has 1 aliphatic rings. The maximum atomic E-state index is 12.1. The van der Waals surface area contributed by atoms with Crippen LogP contribution in [0.25, 0.3) is 10.2 Å². The molecular weight excluding hydrogens is 284 g/mol. The number of hydrogen-bond donors (Lipinski definition) is 2. The van der Waals surface area contributed by atoms with E-state index in [0.29, 0.717) is 10.5 Å². The van der Waals surface area contributed by atoms with Gasteiger partial charge in [0, 0.05) is 4.88 Å². The fourth-order valence-electron chi connectivity index (χ4n) is 2.34. The molecule has 0 aromatic carbocycles. The second-order valence-electron chi connectivity index (χ2n) is 4.44. The molecule has 3 rings (SSSR count). The molecule has 2 N–H and O–H groups in total. The minimum Gasteiger partial charge on any atom is -0.481 e. The van der Waals surface area contributed by atoms with Crippen molar-refractivity contribution in [3.63, 3.8) is 0 Å². The first kappa shape index (κ1) is 12.7. The third kappa shape index (κ3) is 2.40. The number of thioether (sulfide) groups is 1. The normalized spacial score (nSPS) is 14.5. The number of nitrogens with zero attached hydrogens (tertiary/aromatic N) is 1. The summed E-state index contributed by atoms with van der Waals surface area (Å²) in [6, 6.07) is 0. The van der Waals surface area contributed by atoms with Crippen molar-refractivity contribution < 1.29 is 9.90 Å². The first-order valence-electron chi connectivity index (χ1n) is 6.04. The molecule has 2 aromatic heterocycles. The average molecular weight is 296 g/mol. The number of aromatic amines is 1. The predicted molar refractivity (Wildman–Crippen MR) is 75.2 cm³/mol. The second-order valence-corrected chi connectivity index (χ2v) is 6.49. The number of carboxylic acids is 1. The Balaban J connectivity index is 2.06. The summed E-state index contributed by atoms with van der Waals surface area (Å²) in [4.78, 5) is 31.7. The standard InChI is InChI=1S/C12H12N2O3S2/c15-8(16)5-18-12-13-10(17)9-6-3-1-2-4-7(6)19-11(9)14-12/h1-5H2,(H,15,16)(H,13,14,17). The first-order valence-corrected chi connectivity index (χ1v) is 7.84. The summed E-state index contributed by atoms with van der Waals surface area (Å²) in [5.74, 6) is -1.02. The molecule has 2 aromatic rings. The molecule has 0 atom stereocenters. The van der Waals surface area contributed by atoms with Crippen LogP contribution in [0.4, 0.5) is 0 Å². The van der Waals surface area contributed by atoms with Crippen LogP contribution in [-0.2, 0) is 17.6 Å². The van der Waals surface area contributed by atoms with Gasteiger partial charge in [0.05, 0.1) is 11.1 Å². The van der Waals surface area contributed by atoms with Crippen LogP contribution in [0.3, 0.4) is 0 Å². The summed E-state index contributed by atoms with van der Waals surface area (Å²) in [5, 5.41) is 9.75. The van der Waals surface area contributed by atoms with Gasteiger partial charge in [-0.05, 0) is 31.2 Å². The van der Waals surface area contributed by atoms with E-state index < -0.39 is 5.97 Å². The second kappa shape index (κ2) is 4.97. The first-order chi connectivity index (χ1) is 9.15. The van der Waals surface area contributed by atoms with Crippen LogP contribution in [-0.4, -0.2) is 26.8 Å². The molecule has 0 aliphatic heterocycles. The summed E-state index contributed by atoms with van der Waals surface area (Å²) < 4.78 is 0. The Morgan fingerprint density at radius 3 is 3.00 bits per heavy atom. The number of fused-ring (bicyclic) bond motifs is 3. The highest BCUT2D eigenvalue weighted by molar-refractivity contribution is 7.99. The van der Waals surface area contributed by atoms with Gasteiger partial charge in [-0.25, -0.2) is 4.98 Å². The summed E-state index contributed by atoms with van der Waals surface area (Å²) in [7, 11) is 0. The number of aromatic nitrogens is 2. The topological polar surface area (TPSA) is 83.0 Å². The number of H-pyrrole nitrogens is 1. The molecule has 19 heavy (non-hydrogen) atoms. The Kier molecular flexibility index (Phi) is 3.32. The Morgan fingerprint density at radius 1 is 1.42 bits per heavy atom. The van der Waals surface area contributed by atoms with Gasteiger partial charge in [0.1, 0.15) is 4.83 Å². The lowest BCUT2D eigenvalue weighted by Crippen LogP contribution is -2.11. The van der Waals surface area contributed by atoms with Gasteiger partial charge in [-0.1, -0.05) is 11.8 Å². The van der Waals surface area contributed by atoms with Crippen LogP contribution in [0.5, 0.6) is 0 Å². The Labute approximate surface area is 117 Å². The minimum atomic E-state index is -0.918. The zero-order chi connectivity index (χ0) is 13.4. The Morgan fingerprint density at radius 2 is 2.21 bits per heavy atom. The highest BCUT2D eigenvalue weighted by atomic mass is 32.2. The number of rotatable bonds is 3. The smallest absolute Gasteiger partial charge is 0.313 e. The van der Waals surface area contributed by atoms with Crippen LogP contribution in [0.15, 0.2) is 9.95 Å². The molecule has 7 heteroatoms. The third-order valence-corrected chi connectivity index (χ3v) is 5.18. The molecule has 2 heterocycles. The summed E-state index contributed by atoms with van der Waals surface area (Å²) in [5.41, 5.74) is 1.01. The summed E-state index contributed by atoms with van der Waals surface area (Å²) >= 11 is 2.61. The van der Waals surface area contributed by atoms with Gasteiger partial charge in [0.2, 0.25) is 0 Å². The quantitative estimate of drug-likeness (QED) is 0.669. The van der Waals surface area contributed by atoms with Crippen LogP contribution in [0.1, 0.15) is 23.3 Å². The SMILES string of the molecule is O=C(O)CSc1nc2sc3c(c2c(=O)[nH]1)CCCC3. The van der Waals surface area contributed by atoms with E-state index in [1.165, 1.54) is 11.3 Å². The van der Waals surface area contributed by atoms with Crippen molar-refractivity contribution in [2.45, 2.75) is 30.8 Å². The number of aryl methyl sites for hydroxylation is 2. The molecular formula is C12H12N2O3S2. The lowest BCUT2D eigenvalue weighted by molar-refractivity contribution is -0.133. The van der Waals surface area contributed by atoms with E-state index in [-0.39, 0.29) is 11.3 Å². The van der Waals surface area contributed by atoms with Crippen molar-refractivity contribution in [1.29, 1.82) is 0 Å². The van der Waals surface area contributed by atoms with E-state index in [1.54, 1.807) is 11.3 Å². The molecule has 0 saturated heterocycles. The van der Waals surface area contributed by atoms with Crippen molar-refractivity contribution in [3.05, 3.63) is 20.8 Å². The van der Waals surface area contributed by atoms with Crippen molar-refractivity contribution in [1.82, 2.24) is 9.97 Å². The van der Waals surface area contributed by atoms with Gasteiger partial charge in [-0.3, -0.25) is 9.59 Å². The maximum absolute atomic E-state index is 12.1. The molecule has 0 amide bonds. The summed E-state index contributed by atoms with van der Waals surface area (Å²) in [6.45, 7) is 0. The molecule has 1 aliphatic carbocycles. The van der Waals surface area contributed by atoms with Crippen molar-refractivity contribution >= 4 is 39.3 Å². The monoisotopic (exact) mass is 296 g/mol. The third-order valence-electron chi connectivity index (χ3n) is 3.14. The van der Waals surface area contributed by atoms with Gasteiger partial charge < -0.3 is 10.1 Å². The van der Waals surface area contributed by atoms with Gasteiger partial charge >= 0.3 is 5.97 Å². The molecule has 0 radical (unpaired) electrons. The van der Waals surface area contributed by atoms with Crippen LogP contribution in [0, 0.1) is 0 Å². The highest BCUT2D eigenvalue weighted by Crippen LogP contribution is 2.34. The molecule has 0 bridgehead atoms. The van der Waals surface area contributed by atoms with E-state index >= 15 is 0 Å². The van der Waals surface area contributed by atoms with Gasteiger partial charge in [-0.15, -0.1) is 11.3 Å². The van der Waals surface area contributed by atoms with Gasteiger partial charge in [-0.2, -0.15) is 0 Å². The molecule has 0 unspecified atom stereocenters. The van der Waals surface area contributed by atoms with Crippen LogP contribution < -0.4 is 5.56 Å². The zero-order valence-corrected chi connectivity index (χ0v) is 11.7. The number of hydrogen-bond acceptors (Lipinski definition) is 5. The van der Waals surface area contributed by atoms with E-state index in [0.717, 1.165) is 41.4 Å². The van der Waals surface area contributed by atoms with Crippen molar-refractivity contribution in [3.8, 4) is 0 Å². The highest BCUT2D eigenvalue weighted by Gasteiger charge is 2.19. The molecule has 100 valence electrons. The molecule has 5 nitrogen and oxygen atoms in total. The number of aliphatic carboxylic acids is 1. The van der Waals surface area contributed by atoms with Crippen molar-refractivity contribution in [2.75, 3.05) is 5.75 Å². The molecule has 0 saturated carbocycles. The Hall–Kier alpha value is -1.34. The van der Waals surface area contributed by atoms with Crippen LogP contribution >= 0.6 is 23.1 Å². The lowest BCUT2D eigenvalue weighted by Gasteiger charge is -2.09. The molecule has 0 fully saturated rings. The summed E-state index contributed by atoms with van der Waals surface area (Å²) in [6.07, 6.45) is 4.25. The van der Waals surface area contributed by atoms with Crippen molar-refractivity contribution in [2.24, 2.45) is 0 Å². The zero-order valence-electron chi connectivity index (χ0n) is 10.1. The van der Waals surface area contributed by atoms with E-state index in [2.05, 4.69) is 9.97 Å². The number of thiophene rings is 1. The van der Waals surface area contributed by atoms with Crippen LogP contribution in [0.2, 0.25) is 0 Å². The number of carboxylic acid groups (broad SMARTS) is 1. The Bertz CT molecular complexity index is 705. The lowest BCUT2D eigenvalue weighted by atomic mass is 9.97. The number of carbonyl (C=O) groups is 1. The predicted octanol–water partition coefficient (Wildman–Crippen LogP) is 2.04. The van der Waals surface area contributed by atoms with E-state index in [9.17, 15) is 9.59 Å². The van der Waals surface area contributed by atoms with E-state index in [1.807, 2.05) is 0 Å². The fourth-order valence-corrected chi connectivity index (χ4v) is 4.24. The van der Waals surface area contributed by atoms with Gasteiger partial charge in [0.15, 0.2) is 5.16 Å². The largest absolute Gasteiger partial charge is 0.481 e. The average Bonchev–Trinajstić information content (AvgIpc) is 2.74. The maximum Gasteiger partial charge on any atom is 0.313 e. The minimum absolute atomic E-state index is 0.0977.